The van der Waals surface area contributed by atoms with Gasteiger partial charge in [0.15, 0.2) is 0 Å². The van der Waals surface area contributed by atoms with Crippen molar-refractivity contribution < 1.29 is 23.1 Å². The van der Waals surface area contributed by atoms with Crippen LogP contribution in [0.5, 0.6) is 0 Å². The summed E-state index contributed by atoms with van der Waals surface area (Å²) in [6.07, 6.45) is 4.35. The summed E-state index contributed by atoms with van der Waals surface area (Å²) in [5.74, 6) is -0.0445. The second-order valence-electron chi connectivity index (χ2n) is 10.2. The molecular weight excluding hydrogens is 587 g/mol. The number of nitrogens with zero attached hydrogens (tertiary/aromatic N) is 2. The number of amides is 1. The molecule has 1 saturated heterocycles. The Morgan fingerprint density at radius 1 is 1.17 bits per heavy atom. The summed E-state index contributed by atoms with van der Waals surface area (Å²) in [6, 6.07) is 6.68. The van der Waals surface area contributed by atoms with Gasteiger partial charge in [0.2, 0.25) is 15.9 Å². The molecule has 1 fully saturated rings. The van der Waals surface area contributed by atoms with E-state index in [9.17, 15) is 13.2 Å². The van der Waals surface area contributed by atoms with Crippen LogP contribution in [-0.4, -0.2) is 92.0 Å². The van der Waals surface area contributed by atoms with Crippen molar-refractivity contribution in [1.82, 2.24) is 19.8 Å². The van der Waals surface area contributed by atoms with E-state index in [2.05, 4.69) is 17.2 Å². The Hall–Kier alpha value is -1.92. The summed E-state index contributed by atoms with van der Waals surface area (Å²) < 4.78 is 33.6. The molecule has 1 aromatic carbocycles. The van der Waals surface area contributed by atoms with Gasteiger partial charge in [-0.2, -0.15) is 4.31 Å². The molecule has 2 rings (SSSR count). The van der Waals surface area contributed by atoms with Gasteiger partial charge in [0.05, 0.1) is 19.0 Å². The highest BCUT2D eigenvalue weighted by Crippen LogP contribution is 2.25. The monoisotopic (exact) mass is 632 g/mol. The van der Waals surface area contributed by atoms with Crippen LogP contribution in [0.1, 0.15) is 40.2 Å². The maximum absolute atomic E-state index is 13.8. The molecule has 1 aliphatic heterocycles. The van der Waals surface area contributed by atoms with Crippen molar-refractivity contribution in [3.05, 3.63) is 70.5 Å². The van der Waals surface area contributed by atoms with Crippen molar-refractivity contribution in [2.24, 2.45) is 0 Å². The van der Waals surface area contributed by atoms with Gasteiger partial charge in [-0.05, 0) is 49.3 Å². The summed E-state index contributed by atoms with van der Waals surface area (Å²) in [7, 11) is -1.34. The molecule has 0 bridgehead atoms. The van der Waals surface area contributed by atoms with E-state index >= 15 is 0 Å². The molecule has 1 amide bonds. The van der Waals surface area contributed by atoms with Gasteiger partial charge in [-0.25, -0.2) is 8.42 Å². The van der Waals surface area contributed by atoms with Gasteiger partial charge in [0, 0.05) is 48.4 Å². The zero-order valence-corrected chi connectivity index (χ0v) is 27.4. The van der Waals surface area contributed by atoms with Crippen molar-refractivity contribution in [3.63, 3.8) is 0 Å². The molecular formula is C29H46Cl2N4O5S. The lowest BCUT2D eigenvalue weighted by atomic mass is 10.0. The summed E-state index contributed by atoms with van der Waals surface area (Å²) in [4.78, 5) is 15.6. The molecule has 3 unspecified atom stereocenters. The van der Waals surface area contributed by atoms with Crippen LogP contribution in [0.4, 0.5) is 0 Å². The summed E-state index contributed by atoms with van der Waals surface area (Å²) in [5, 5.41) is 14.6. The number of aliphatic hydroxyl groups is 1. The molecule has 1 aromatic rings. The number of aliphatic hydroxyl groups excluding tert-OH is 1. The highest BCUT2D eigenvalue weighted by atomic mass is 35.5. The molecule has 0 spiro atoms. The highest BCUT2D eigenvalue weighted by Gasteiger charge is 2.45. The van der Waals surface area contributed by atoms with Gasteiger partial charge in [0.25, 0.3) is 0 Å². The van der Waals surface area contributed by atoms with Crippen molar-refractivity contribution in [1.29, 1.82) is 0 Å². The van der Waals surface area contributed by atoms with Crippen molar-refractivity contribution in [2.45, 2.75) is 71.4 Å². The normalized spacial score (nSPS) is 19.5. The van der Waals surface area contributed by atoms with Crippen molar-refractivity contribution in [3.8, 4) is 0 Å². The number of carbonyl (C=O) groups is 1. The Bertz CT molecular complexity index is 1140. The maximum Gasteiger partial charge on any atom is 0.242 e. The lowest BCUT2D eigenvalue weighted by Gasteiger charge is -2.48. The molecule has 41 heavy (non-hydrogen) atoms. The number of sulfonamides is 1. The van der Waals surface area contributed by atoms with Gasteiger partial charge in [-0.1, -0.05) is 69.6 Å². The van der Waals surface area contributed by atoms with E-state index in [4.69, 9.17) is 33.0 Å². The Balaban J connectivity index is 0.00000411. The summed E-state index contributed by atoms with van der Waals surface area (Å²) >= 11 is 12.3. The van der Waals surface area contributed by atoms with Crippen LogP contribution in [-0.2, 0) is 26.0 Å². The first kappa shape index (κ1) is 37.1. The minimum Gasteiger partial charge on any atom is -0.497 e. The predicted molar refractivity (Wildman–Crippen MR) is 168 cm³/mol. The highest BCUT2D eigenvalue weighted by molar-refractivity contribution is 7.89. The third kappa shape index (κ3) is 12.1. The topological polar surface area (TPSA) is 111 Å². The number of ether oxygens (including phenoxy) is 1. The Morgan fingerprint density at radius 3 is 2.32 bits per heavy atom. The van der Waals surface area contributed by atoms with Gasteiger partial charge in [0.1, 0.15) is 11.8 Å². The van der Waals surface area contributed by atoms with Crippen LogP contribution >= 0.6 is 23.2 Å². The molecule has 12 heteroatoms. The average Bonchev–Trinajstić information content (AvgIpc) is 2.92. The molecule has 9 nitrogen and oxygen atoms in total. The Morgan fingerprint density at radius 2 is 1.78 bits per heavy atom. The molecule has 0 radical (unpaired) electrons. The molecule has 3 N–H and O–H groups in total. The molecule has 3 atom stereocenters. The van der Waals surface area contributed by atoms with Crippen LogP contribution < -0.4 is 10.6 Å². The van der Waals surface area contributed by atoms with Crippen LogP contribution in [0.2, 0.25) is 5.02 Å². The van der Waals surface area contributed by atoms with Crippen LogP contribution in [0.3, 0.4) is 0 Å². The van der Waals surface area contributed by atoms with E-state index < -0.39 is 22.2 Å². The van der Waals surface area contributed by atoms with Crippen LogP contribution in [0, 0.1) is 0 Å². The second-order valence-corrected chi connectivity index (χ2v) is 13.1. The van der Waals surface area contributed by atoms with E-state index in [0.29, 0.717) is 23.7 Å². The molecule has 1 heterocycles. The maximum atomic E-state index is 13.8. The number of benzene rings is 1. The summed E-state index contributed by atoms with van der Waals surface area (Å²) in [6.45, 7) is 13.9. The predicted octanol–water partition coefficient (Wildman–Crippen LogP) is 3.88. The molecule has 232 valence electrons. The van der Waals surface area contributed by atoms with E-state index in [-0.39, 0.29) is 41.4 Å². The van der Waals surface area contributed by atoms with Gasteiger partial charge in [-0.3, -0.25) is 4.79 Å². The largest absolute Gasteiger partial charge is 0.497 e. The fourth-order valence-corrected chi connectivity index (χ4v) is 6.28. The number of allylic oxidation sites excluding steroid dienone is 3. The number of hydrogen-bond donors (Lipinski definition) is 3. The Labute approximate surface area is 256 Å². The number of rotatable bonds is 14. The van der Waals surface area contributed by atoms with Crippen molar-refractivity contribution >= 4 is 39.1 Å². The molecule has 1 aliphatic rings. The van der Waals surface area contributed by atoms with E-state index in [1.807, 2.05) is 52.0 Å². The molecule has 0 aliphatic carbocycles. The number of hydrogen-bond acceptors (Lipinski definition) is 7. The first-order valence-corrected chi connectivity index (χ1v) is 15.9. The Kier molecular flexibility index (Phi) is 16.2. The van der Waals surface area contributed by atoms with Gasteiger partial charge < -0.3 is 25.4 Å². The van der Waals surface area contributed by atoms with Gasteiger partial charge >= 0.3 is 0 Å². The third-order valence-electron chi connectivity index (χ3n) is 6.35. The quantitative estimate of drug-likeness (QED) is 0.211. The number of halogens is 2. The minimum atomic E-state index is -3.83. The number of nitrogens with one attached hydrogen (secondary N) is 2. The third-order valence-corrected chi connectivity index (χ3v) is 8.63. The van der Waals surface area contributed by atoms with E-state index in [1.54, 1.807) is 17.9 Å². The first-order chi connectivity index (χ1) is 19.2. The van der Waals surface area contributed by atoms with Gasteiger partial charge in [-0.15, -0.1) is 0 Å². The SMILES string of the molecule is C=C(/C=C\C(Cl)=C/CS(=O)(=O)N1CC(NC(C)C)C(=O)N(C(CNC(C)C)Cc2ccc(Cl)cc2)C1C)OC.CO. The van der Waals surface area contributed by atoms with Crippen LogP contribution in [0.15, 0.2) is 59.9 Å². The van der Waals surface area contributed by atoms with E-state index in [1.165, 1.54) is 23.6 Å². The minimum absolute atomic E-state index is 0.0179. The second kappa shape index (κ2) is 17.9. The lowest BCUT2D eigenvalue weighted by Crippen LogP contribution is -2.69. The zero-order valence-electron chi connectivity index (χ0n) is 25.1. The zero-order chi connectivity index (χ0) is 31.3. The smallest absolute Gasteiger partial charge is 0.242 e. The fourth-order valence-electron chi connectivity index (χ4n) is 4.39. The fraction of sp³-hybridized carbons (Fsp3) is 0.552. The van der Waals surface area contributed by atoms with Crippen LogP contribution in [0.25, 0.3) is 0 Å². The molecule has 0 aromatic heterocycles. The molecule has 0 saturated carbocycles. The van der Waals surface area contributed by atoms with Crippen molar-refractivity contribution in [2.75, 3.05) is 33.1 Å². The number of methoxy groups -OCH3 is 1. The average molecular weight is 634 g/mol. The standard InChI is InChI=1S/C28H42Cl2N4O4S.CH4O/c1-19(2)31-17-26(16-23-9-12-24(29)13-10-23)34-22(6)33(18-27(28(34)35)32-20(3)4)39(36,37)15-14-25(30)11-8-21(5)38-7;1-2/h8-14,19-20,22,26-27,31-32H,5,15-18H2,1-4,6-7H3;2H,1H3/b11-8-,25-14+;. The number of carbonyl (C=O) groups excluding carboxylic acids is 1. The summed E-state index contributed by atoms with van der Waals surface area (Å²) in [5.41, 5.74) is 1.00. The first-order valence-electron chi connectivity index (χ1n) is 13.5. The lowest BCUT2D eigenvalue weighted by molar-refractivity contribution is -0.146. The van der Waals surface area contributed by atoms with E-state index in [0.717, 1.165) is 12.7 Å².